The van der Waals surface area contributed by atoms with E-state index in [0.29, 0.717) is 0 Å². The first kappa shape index (κ1) is 4.27. The molecule has 0 aromatic carbocycles. The largest absolute Gasteiger partial charge is 0.298 e. The highest BCUT2D eigenvalue weighted by atomic mass is 15.5. The molecule has 0 amide bonds. The molecular formula is C6H4N4. The predicted molar refractivity (Wildman–Crippen MR) is 35.4 cm³/mol. The quantitative estimate of drug-likeness (QED) is 0.545. The fraction of sp³-hybridized carbons (Fsp3) is 0. The van der Waals surface area contributed by atoms with Crippen LogP contribution in [0.1, 0.15) is 5.82 Å². The van der Waals surface area contributed by atoms with Crippen LogP contribution in [0.15, 0.2) is 24.2 Å². The molecule has 0 fully saturated rings. The highest BCUT2D eigenvalue weighted by molar-refractivity contribution is 5.96. The Balaban J connectivity index is 2.31. The zero-order valence-corrected chi connectivity index (χ0v) is 5.07. The summed E-state index contributed by atoms with van der Waals surface area (Å²) in [7, 11) is 0. The maximum Gasteiger partial charge on any atom is 0.183 e. The van der Waals surface area contributed by atoms with Gasteiger partial charge in [0.25, 0.3) is 0 Å². The summed E-state index contributed by atoms with van der Waals surface area (Å²) in [5.41, 5.74) is 5.45. The molecule has 1 aromatic rings. The minimum atomic E-state index is 0.914. The SMILES string of the molecule is C1=C2C=C2c2nncn2N1. The Bertz CT molecular complexity index is 358. The Morgan fingerprint density at radius 2 is 2.50 bits per heavy atom. The van der Waals surface area contributed by atoms with Crippen LogP contribution in [0.4, 0.5) is 0 Å². The van der Waals surface area contributed by atoms with Gasteiger partial charge in [-0.15, -0.1) is 10.2 Å². The van der Waals surface area contributed by atoms with E-state index in [1.165, 1.54) is 11.1 Å². The summed E-state index contributed by atoms with van der Waals surface area (Å²) in [6.07, 6.45) is 5.66. The fourth-order valence-corrected chi connectivity index (χ4v) is 1.08. The smallest absolute Gasteiger partial charge is 0.183 e. The third-order valence-corrected chi connectivity index (χ3v) is 1.68. The van der Waals surface area contributed by atoms with Crippen molar-refractivity contribution in [2.45, 2.75) is 0 Å². The average molecular weight is 132 g/mol. The topological polar surface area (TPSA) is 42.7 Å². The number of aromatic nitrogens is 3. The molecule has 0 saturated carbocycles. The Hall–Kier alpha value is -1.58. The molecule has 2 heterocycles. The van der Waals surface area contributed by atoms with Crippen LogP contribution >= 0.6 is 0 Å². The summed E-state index contributed by atoms with van der Waals surface area (Å²) in [4.78, 5) is 0. The lowest BCUT2D eigenvalue weighted by atomic mass is 10.4. The lowest BCUT2D eigenvalue weighted by Crippen LogP contribution is -2.12. The van der Waals surface area contributed by atoms with Gasteiger partial charge in [-0.1, -0.05) is 0 Å². The summed E-state index contributed by atoms with van der Waals surface area (Å²) in [6, 6.07) is 0. The number of hydrogen-bond donors (Lipinski definition) is 1. The van der Waals surface area contributed by atoms with Gasteiger partial charge in [-0.3, -0.25) is 5.43 Å². The standard InChI is InChI=1S/C6H4N4/c1-4-2-8-10-3-7-9-6(10)5(1)4/h1-3,8H. The van der Waals surface area contributed by atoms with Crippen molar-refractivity contribution in [1.29, 1.82) is 0 Å². The van der Waals surface area contributed by atoms with Gasteiger partial charge in [0, 0.05) is 17.3 Å². The second kappa shape index (κ2) is 1.13. The molecule has 0 saturated heterocycles. The maximum atomic E-state index is 3.92. The van der Waals surface area contributed by atoms with E-state index >= 15 is 0 Å². The van der Waals surface area contributed by atoms with Crippen molar-refractivity contribution in [2.75, 3.05) is 5.43 Å². The van der Waals surface area contributed by atoms with Gasteiger partial charge in [-0.05, 0) is 6.08 Å². The van der Waals surface area contributed by atoms with E-state index in [1.54, 1.807) is 11.0 Å². The van der Waals surface area contributed by atoms with Crippen LogP contribution in [0.3, 0.4) is 0 Å². The molecule has 0 bridgehead atoms. The summed E-state index contributed by atoms with van der Waals surface area (Å²) in [5.74, 6) is 0.914. The lowest BCUT2D eigenvalue weighted by Gasteiger charge is -2.06. The molecule has 0 unspecified atom stereocenters. The van der Waals surface area contributed by atoms with Crippen LogP contribution in [-0.4, -0.2) is 14.9 Å². The first-order valence-electron chi connectivity index (χ1n) is 3.04. The number of fused-ring (bicyclic) bond motifs is 3. The van der Waals surface area contributed by atoms with E-state index in [0.717, 1.165) is 5.82 Å². The molecular weight excluding hydrogens is 128 g/mol. The Morgan fingerprint density at radius 1 is 1.50 bits per heavy atom. The summed E-state index contributed by atoms with van der Waals surface area (Å²) >= 11 is 0. The molecule has 0 atom stereocenters. The Morgan fingerprint density at radius 3 is 3.50 bits per heavy atom. The molecule has 3 rings (SSSR count). The normalized spacial score (nSPS) is 18.0. The van der Waals surface area contributed by atoms with Crippen LogP contribution < -0.4 is 5.43 Å². The molecule has 1 aliphatic carbocycles. The van der Waals surface area contributed by atoms with E-state index in [1.807, 2.05) is 6.20 Å². The molecule has 4 heteroatoms. The van der Waals surface area contributed by atoms with Crippen LogP contribution in [0.25, 0.3) is 5.57 Å². The fourth-order valence-electron chi connectivity index (χ4n) is 1.08. The monoisotopic (exact) mass is 132 g/mol. The van der Waals surface area contributed by atoms with Crippen LogP contribution in [-0.2, 0) is 0 Å². The zero-order valence-electron chi connectivity index (χ0n) is 5.07. The van der Waals surface area contributed by atoms with E-state index in [9.17, 15) is 0 Å². The number of rotatable bonds is 0. The van der Waals surface area contributed by atoms with Crippen molar-refractivity contribution in [3.05, 3.63) is 30.0 Å². The molecule has 1 aliphatic heterocycles. The molecule has 1 N–H and O–H groups in total. The molecule has 10 heavy (non-hydrogen) atoms. The zero-order chi connectivity index (χ0) is 6.55. The van der Waals surface area contributed by atoms with Crippen molar-refractivity contribution in [3.63, 3.8) is 0 Å². The number of nitrogens with one attached hydrogen (secondary N) is 1. The van der Waals surface area contributed by atoms with Crippen LogP contribution in [0.2, 0.25) is 0 Å². The van der Waals surface area contributed by atoms with Gasteiger partial charge in [-0.25, -0.2) is 4.68 Å². The molecule has 0 spiro atoms. The van der Waals surface area contributed by atoms with E-state index in [-0.39, 0.29) is 0 Å². The van der Waals surface area contributed by atoms with Crippen molar-refractivity contribution in [2.24, 2.45) is 0 Å². The lowest BCUT2D eigenvalue weighted by molar-refractivity contribution is 0.919. The summed E-state index contributed by atoms with van der Waals surface area (Å²) in [5, 5.41) is 7.68. The minimum Gasteiger partial charge on any atom is -0.298 e. The predicted octanol–water partition coefficient (Wildman–Crippen LogP) is 0.116. The second-order valence-electron chi connectivity index (χ2n) is 2.31. The van der Waals surface area contributed by atoms with Crippen LogP contribution in [0.5, 0.6) is 0 Å². The average Bonchev–Trinajstić information content (AvgIpc) is 2.60. The third-order valence-electron chi connectivity index (χ3n) is 1.68. The van der Waals surface area contributed by atoms with Gasteiger partial charge in [0.15, 0.2) is 5.82 Å². The first-order chi connectivity index (χ1) is 4.95. The third kappa shape index (κ3) is 0.344. The molecule has 2 aliphatic rings. The van der Waals surface area contributed by atoms with Crippen molar-refractivity contribution >= 4 is 5.57 Å². The molecule has 1 aromatic heterocycles. The van der Waals surface area contributed by atoms with Gasteiger partial charge in [0.2, 0.25) is 0 Å². The van der Waals surface area contributed by atoms with Gasteiger partial charge in [0.05, 0.1) is 0 Å². The molecule has 48 valence electrons. The van der Waals surface area contributed by atoms with Gasteiger partial charge in [0.1, 0.15) is 6.33 Å². The van der Waals surface area contributed by atoms with Crippen LogP contribution in [0, 0.1) is 0 Å². The van der Waals surface area contributed by atoms with Crippen molar-refractivity contribution in [3.8, 4) is 0 Å². The highest BCUT2D eigenvalue weighted by Crippen LogP contribution is 2.37. The molecule has 0 radical (unpaired) electrons. The Labute approximate surface area is 56.8 Å². The number of allylic oxidation sites excluding steroid dienone is 3. The number of hydrogen-bond acceptors (Lipinski definition) is 3. The maximum absolute atomic E-state index is 3.92. The van der Waals surface area contributed by atoms with Crippen molar-refractivity contribution < 1.29 is 0 Å². The molecule has 4 nitrogen and oxygen atoms in total. The van der Waals surface area contributed by atoms with Gasteiger partial charge >= 0.3 is 0 Å². The van der Waals surface area contributed by atoms with E-state index in [2.05, 4.69) is 21.7 Å². The van der Waals surface area contributed by atoms with E-state index < -0.39 is 0 Å². The van der Waals surface area contributed by atoms with E-state index in [4.69, 9.17) is 0 Å². The first-order valence-corrected chi connectivity index (χ1v) is 3.04. The number of nitrogens with zero attached hydrogens (tertiary/aromatic N) is 3. The van der Waals surface area contributed by atoms with Gasteiger partial charge in [-0.2, -0.15) is 0 Å². The Kier molecular flexibility index (Phi) is 0.484. The minimum absolute atomic E-state index is 0.914. The summed E-state index contributed by atoms with van der Waals surface area (Å²) < 4.78 is 1.79. The van der Waals surface area contributed by atoms with Crippen molar-refractivity contribution in [1.82, 2.24) is 14.9 Å². The second-order valence-corrected chi connectivity index (χ2v) is 2.31. The highest BCUT2D eigenvalue weighted by Gasteiger charge is 2.26. The summed E-state index contributed by atoms with van der Waals surface area (Å²) in [6.45, 7) is 0. The van der Waals surface area contributed by atoms with Gasteiger partial charge < -0.3 is 0 Å².